The number of benzene rings is 2. The molecule has 144 valence electrons. The van der Waals surface area contributed by atoms with E-state index < -0.39 is 0 Å². The number of likely N-dealkylation sites (tertiary alicyclic amines) is 1. The van der Waals surface area contributed by atoms with Crippen LogP contribution in [0.3, 0.4) is 0 Å². The van der Waals surface area contributed by atoms with Crippen LogP contribution in [-0.2, 0) is 11.2 Å². The second kappa shape index (κ2) is 7.23. The maximum atomic E-state index is 13.1. The number of aromatic nitrogens is 1. The number of rotatable bonds is 3. The van der Waals surface area contributed by atoms with E-state index in [0.29, 0.717) is 19.6 Å². The zero-order valence-electron chi connectivity index (χ0n) is 15.8. The second-order valence-corrected chi connectivity index (χ2v) is 7.54. The maximum Gasteiger partial charge on any atom is 0.227 e. The van der Waals surface area contributed by atoms with Gasteiger partial charge in [0.05, 0.1) is 25.7 Å². The lowest BCUT2D eigenvalue weighted by atomic mass is 10.0. The SMILES string of the molecule is O=C(Cc1c[nH]c2ccccc12)N1CCCC1c1ccc2c(c1)OCCCO2. The third kappa shape index (κ3) is 3.11. The number of amides is 1. The number of para-hydroxylation sites is 1. The van der Waals surface area contributed by atoms with Crippen LogP contribution >= 0.6 is 0 Å². The molecule has 0 aliphatic carbocycles. The minimum Gasteiger partial charge on any atom is -0.490 e. The van der Waals surface area contributed by atoms with Gasteiger partial charge in [0.2, 0.25) is 5.91 Å². The number of carbonyl (C=O) groups is 1. The van der Waals surface area contributed by atoms with Gasteiger partial charge in [0.1, 0.15) is 0 Å². The summed E-state index contributed by atoms with van der Waals surface area (Å²) in [5.74, 6) is 1.78. The molecule has 2 aliphatic heterocycles. The molecule has 5 nitrogen and oxygen atoms in total. The summed E-state index contributed by atoms with van der Waals surface area (Å²) in [4.78, 5) is 18.4. The third-order valence-electron chi connectivity index (χ3n) is 5.75. The van der Waals surface area contributed by atoms with Crippen molar-refractivity contribution in [2.75, 3.05) is 19.8 Å². The molecule has 1 fully saturated rings. The summed E-state index contributed by atoms with van der Waals surface area (Å²) in [5, 5.41) is 1.13. The Labute approximate surface area is 164 Å². The molecule has 28 heavy (non-hydrogen) atoms. The van der Waals surface area contributed by atoms with E-state index in [9.17, 15) is 4.79 Å². The van der Waals surface area contributed by atoms with Crippen LogP contribution in [-0.4, -0.2) is 35.5 Å². The number of nitrogens with one attached hydrogen (secondary N) is 1. The first-order chi connectivity index (χ1) is 13.8. The molecular formula is C23H24N2O3. The van der Waals surface area contributed by atoms with E-state index in [0.717, 1.165) is 59.3 Å². The highest BCUT2D eigenvalue weighted by molar-refractivity contribution is 5.89. The maximum absolute atomic E-state index is 13.1. The fraction of sp³-hybridized carbons (Fsp3) is 0.348. The zero-order chi connectivity index (χ0) is 18.9. The largest absolute Gasteiger partial charge is 0.490 e. The van der Waals surface area contributed by atoms with Gasteiger partial charge >= 0.3 is 0 Å². The topological polar surface area (TPSA) is 54.6 Å². The van der Waals surface area contributed by atoms with Crippen molar-refractivity contribution in [1.29, 1.82) is 0 Å². The number of ether oxygens (including phenoxy) is 2. The highest BCUT2D eigenvalue weighted by atomic mass is 16.5. The van der Waals surface area contributed by atoms with Gasteiger partial charge in [0.25, 0.3) is 0 Å². The van der Waals surface area contributed by atoms with Crippen LogP contribution in [0.2, 0.25) is 0 Å². The van der Waals surface area contributed by atoms with Gasteiger partial charge in [-0.2, -0.15) is 0 Å². The van der Waals surface area contributed by atoms with Gasteiger partial charge in [0, 0.05) is 30.1 Å². The summed E-state index contributed by atoms with van der Waals surface area (Å²) >= 11 is 0. The lowest BCUT2D eigenvalue weighted by Crippen LogP contribution is -2.31. The standard InChI is InChI=1S/C23H24N2O3/c26-23(14-17-15-24-19-6-2-1-5-18(17)19)25-10-3-7-20(25)16-8-9-21-22(13-16)28-12-4-11-27-21/h1-2,5-6,8-9,13,15,20,24H,3-4,7,10-12,14H2. The second-order valence-electron chi connectivity index (χ2n) is 7.54. The van der Waals surface area contributed by atoms with E-state index >= 15 is 0 Å². The molecule has 5 rings (SSSR count). The highest BCUT2D eigenvalue weighted by Crippen LogP contribution is 2.38. The van der Waals surface area contributed by atoms with Crippen LogP contribution < -0.4 is 9.47 Å². The number of H-pyrrole nitrogens is 1. The Hall–Kier alpha value is -2.95. The summed E-state index contributed by atoms with van der Waals surface area (Å²) in [5.41, 5.74) is 3.27. The summed E-state index contributed by atoms with van der Waals surface area (Å²) in [6.45, 7) is 2.16. The lowest BCUT2D eigenvalue weighted by molar-refractivity contribution is -0.131. The number of aromatic amines is 1. The van der Waals surface area contributed by atoms with E-state index in [1.54, 1.807) is 0 Å². The van der Waals surface area contributed by atoms with Crippen LogP contribution in [0.1, 0.15) is 36.4 Å². The zero-order valence-corrected chi connectivity index (χ0v) is 15.8. The highest BCUT2D eigenvalue weighted by Gasteiger charge is 2.31. The first kappa shape index (κ1) is 17.2. The van der Waals surface area contributed by atoms with Crippen molar-refractivity contribution >= 4 is 16.8 Å². The number of nitrogens with zero attached hydrogens (tertiary/aromatic N) is 1. The number of carbonyl (C=O) groups excluding carboxylic acids is 1. The average molecular weight is 376 g/mol. The molecular weight excluding hydrogens is 352 g/mol. The average Bonchev–Trinajstić information content (AvgIpc) is 3.30. The minimum absolute atomic E-state index is 0.106. The molecule has 3 heterocycles. The van der Waals surface area contributed by atoms with Crippen LogP contribution in [0, 0.1) is 0 Å². The van der Waals surface area contributed by atoms with Crippen molar-refractivity contribution < 1.29 is 14.3 Å². The predicted molar refractivity (Wildman–Crippen MR) is 108 cm³/mol. The van der Waals surface area contributed by atoms with Gasteiger partial charge in [-0.15, -0.1) is 0 Å². The lowest BCUT2D eigenvalue weighted by Gasteiger charge is -2.26. The normalized spacial score (nSPS) is 19.0. The fourth-order valence-corrected chi connectivity index (χ4v) is 4.34. The van der Waals surface area contributed by atoms with Gasteiger partial charge in [-0.1, -0.05) is 24.3 Å². The van der Waals surface area contributed by atoms with Crippen molar-refractivity contribution in [3.8, 4) is 11.5 Å². The molecule has 0 radical (unpaired) electrons. The molecule has 1 amide bonds. The molecule has 0 bridgehead atoms. The molecule has 3 aromatic rings. The Morgan fingerprint density at radius 3 is 2.86 bits per heavy atom. The van der Waals surface area contributed by atoms with Gasteiger partial charge in [-0.05, 0) is 42.2 Å². The minimum atomic E-state index is 0.106. The Morgan fingerprint density at radius 1 is 1.07 bits per heavy atom. The van der Waals surface area contributed by atoms with Crippen molar-refractivity contribution in [2.45, 2.75) is 31.7 Å². The Bertz CT molecular complexity index is 1010. The molecule has 2 aliphatic rings. The van der Waals surface area contributed by atoms with E-state index in [4.69, 9.17) is 9.47 Å². The number of hydrogen-bond donors (Lipinski definition) is 1. The molecule has 0 spiro atoms. The molecule has 1 atom stereocenters. The van der Waals surface area contributed by atoms with E-state index in [2.05, 4.69) is 23.2 Å². The molecule has 1 N–H and O–H groups in total. The Kier molecular flexibility index (Phi) is 4.43. The molecule has 5 heteroatoms. The summed E-state index contributed by atoms with van der Waals surface area (Å²) in [6.07, 6.45) is 5.28. The van der Waals surface area contributed by atoms with Gasteiger partial charge in [-0.3, -0.25) is 4.79 Å². The smallest absolute Gasteiger partial charge is 0.227 e. The summed E-state index contributed by atoms with van der Waals surface area (Å²) < 4.78 is 11.6. The van der Waals surface area contributed by atoms with E-state index in [1.807, 2.05) is 35.4 Å². The van der Waals surface area contributed by atoms with Crippen molar-refractivity contribution in [2.24, 2.45) is 0 Å². The van der Waals surface area contributed by atoms with Crippen LogP contribution in [0.25, 0.3) is 10.9 Å². The third-order valence-corrected chi connectivity index (χ3v) is 5.75. The van der Waals surface area contributed by atoms with Crippen molar-refractivity contribution in [3.63, 3.8) is 0 Å². The Balaban J connectivity index is 1.38. The molecule has 0 saturated carbocycles. The van der Waals surface area contributed by atoms with Crippen molar-refractivity contribution in [3.05, 3.63) is 59.8 Å². The van der Waals surface area contributed by atoms with Gasteiger partial charge in [-0.25, -0.2) is 0 Å². The van der Waals surface area contributed by atoms with Gasteiger partial charge < -0.3 is 19.4 Å². The molecule has 1 saturated heterocycles. The van der Waals surface area contributed by atoms with Crippen LogP contribution in [0.4, 0.5) is 0 Å². The monoisotopic (exact) mass is 376 g/mol. The molecule has 1 unspecified atom stereocenters. The summed E-state index contributed by atoms with van der Waals surface area (Å²) in [7, 11) is 0. The van der Waals surface area contributed by atoms with E-state index in [1.165, 1.54) is 0 Å². The van der Waals surface area contributed by atoms with E-state index in [-0.39, 0.29) is 11.9 Å². The van der Waals surface area contributed by atoms with Gasteiger partial charge in [0.15, 0.2) is 11.5 Å². The molecule has 1 aromatic heterocycles. The number of hydrogen-bond acceptors (Lipinski definition) is 3. The predicted octanol–water partition coefficient (Wildman–Crippen LogP) is 4.24. The first-order valence-electron chi connectivity index (χ1n) is 10.0. The Morgan fingerprint density at radius 2 is 1.93 bits per heavy atom. The number of fused-ring (bicyclic) bond motifs is 2. The van der Waals surface area contributed by atoms with Crippen molar-refractivity contribution in [1.82, 2.24) is 9.88 Å². The first-order valence-corrected chi connectivity index (χ1v) is 10.0. The van der Waals surface area contributed by atoms with Crippen LogP contribution in [0.15, 0.2) is 48.7 Å². The fourth-order valence-electron chi connectivity index (χ4n) is 4.34. The van der Waals surface area contributed by atoms with Crippen LogP contribution in [0.5, 0.6) is 11.5 Å². The summed E-state index contributed by atoms with van der Waals surface area (Å²) in [6, 6.07) is 14.4. The quantitative estimate of drug-likeness (QED) is 0.744. The molecule has 2 aromatic carbocycles.